The van der Waals surface area contributed by atoms with Gasteiger partial charge in [-0.3, -0.25) is 4.90 Å². The van der Waals surface area contributed by atoms with Gasteiger partial charge in [0.25, 0.3) is 0 Å². The van der Waals surface area contributed by atoms with Crippen molar-refractivity contribution in [2.24, 2.45) is 5.92 Å². The molecule has 0 aromatic rings. The van der Waals surface area contributed by atoms with Crippen molar-refractivity contribution >= 4 is 0 Å². The zero-order chi connectivity index (χ0) is 10.7. The van der Waals surface area contributed by atoms with Gasteiger partial charge >= 0.3 is 0 Å². The van der Waals surface area contributed by atoms with Gasteiger partial charge in [-0.1, -0.05) is 6.92 Å². The third kappa shape index (κ3) is 3.16. The summed E-state index contributed by atoms with van der Waals surface area (Å²) < 4.78 is 10.9. The number of rotatable bonds is 5. The second kappa shape index (κ2) is 5.28. The van der Waals surface area contributed by atoms with Crippen LogP contribution in [0.3, 0.4) is 0 Å². The second-order valence-corrected chi connectivity index (χ2v) is 5.06. The lowest BCUT2D eigenvalue weighted by atomic mass is 10.1. The molecule has 0 spiro atoms. The molecule has 0 radical (unpaired) electrons. The van der Waals surface area contributed by atoms with Gasteiger partial charge in [0.15, 0.2) is 0 Å². The van der Waals surface area contributed by atoms with E-state index in [4.69, 9.17) is 9.47 Å². The molecule has 2 unspecified atom stereocenters. The van der Waals surface area contributed by atoms with Gasteiger partial charge < -0.3 is 9.47 Å². The van der Waals surface area contributed by atoms with E-state index >= 15 is 0 Å². The van der Waals surface area contributed by atoms with E-state index in [2.05, 4.69) is 11.8 Å². The van der Waals surface area contributed by atoms with E-state index in [0.29, 0.717) is 12.2 Å². The summed E-state index contributed by atoms with van der Waals surface area (Å²) in [5, 5.41) is 0. The number of likely N-dealkylation sites (tertiary alicyclic amines) is 1. The molecule has 15 heavy (non-hydrogen) atoms. The van der Waals surface area contributed by atoms with Crippen molar-refractivity contribution in [2.45, 2.75) is 38.4 Å². The maximum Gasteiger partial charge on any atom is 0.0707 e. The molecule has 2 aliphatic heterocycles. The van der Waals surface area contributed by atoms with E-state index in [9.17, 15) is 0 Å². The van der Waals surface area contributed by atoms with Gasteiger partial charge in [0.1, 0.15) is 0 Å². The third-order valence-electron chi connectivity index (χ3n) is 3.50. The number of methoxy groups -OCH3 is 1. The Morgan fingerprint density at radius 3 is 2.60 bits per heavy atom. The largest absolute Gasteiger partial charge is 0.385 e. The number of morpholine rings is 1. The summed E-state index contributed by atoms with van der Waals surface area (Å²) in [6.07, 6.45) is 4.77. The second-order valence-electron chi connectivity index (χ2n) is 5.06. The normalized spacial score (nSPS) is 33.2. The van der Waals surface area contributed by atoms with Crippen molar-refractivity contribution in [3.05, 3.63) is 0 Å². The highest BCUT2D eigenvalue weighted by molar-refractivity contribution is 4.85. The number of hydrogen-bond acceptors (Lipinski definition) is 3. The van der Waals surface area contributed by atoms with E-state index in [-0.39, 0.29) is 0 Å². The Bertz CT molecular complexity index is 186. The summed E-state index contributed by atoms with van der Waals surface area (Å²) in [5.41, 5.74) is 0. The van der Waals surface area contributed by atoms with Crippen LogP contribution in [-0.4, -0.2) is 50.5 Å². The lowest BCUT2D eigenvalue weighted by Gasteiger charge is -2.33. The predicted octanol–water partition coefficient (Wildman–Crippen LogP) is 1.52. The molecular formula is C12H23NO2. The molecule has 0 amide bonds. The highest BCUT2D eigenvalue weighted by atomic mass is 16.5. The predicted molar refractivity (Wildman–Crippen MR) is 60.0 cm³/mol. The summed E-state index contributed by atoms with van der Waals surface area (Å²) in [6.45, 7) is 6.70. The number of hydrogen-bond donors (Lipinski definition) is 0. The van der Waals surface area contributed by atoms with Crippen LogP contribution < -0.4 is 0 Å². The molecule has 0 aromatic heterocycles. The molecule has 3 nitrogen and oxygen atoms in total. The number of fused-ring (bicyclic) bond motifs is 2. The Morgan fingerprint density at radius 2 is 2.00 bits per heavy atom. The average molecular weight is 213 g/mol. The summed E-state index contributed by atoms with van der Waals surface area (Å²) >= 11 is 0. The third-order valence-corrected chi connectivity index (χ3v) is 3.50. The van der Waals surface area contributed by atoms with Gasteiger partial charge in [0, 0.05) is 33.4 Å². The Morgan fingerprint density at radius 1 is 1.33 bits per heavy atom. The van der Waals surface area contributed by atoms with Crippen molar-refractivity contribution in [3.8, 4) is 0 Å². The highest BCUT2D eigenvalue weighted by Gasteiger charge is 2.33. The minimum Gasteiger partial charge on any atom is -0.385 e. The fourth-order valence-electron chi connectivity index (χ4n) is 2.70. The lowest BCUT2D eigenvalue weighted by Crippen LogP contribution is -2.44. The van der Waals surface area contributed by atoms with E-state index in [0.717, 1.165) is 25.6 Å². The van der Waals surface area contributed by atoms with Gasteiger partial charge in [-0.2, -0.15) is 0 Å². The van der Waals surface area contributed by atoms with Gasteiger partial charge in [0.2, 0.25) is 0 Å². The molecular weight excluding hydrogens is 190 g/mol. The smallest absolute Gasteiger partial charge is 0.0707 e. The van der Waals surface area contributed by atoms with Crippen LogP contribution in [0.5, 0.6) is 0 Å². The van der Waals surface area contributed by atoms with Crippen LogP contribution >= 0.6 is 0 Å². The average Bonchev–Trinajstić information content (AvgIpc) is 2.55. The summed E-state index contributed by atoms with van der Waals surface area (Å²) in [7, 11) is 1.78. The molecule has 0 N–H and O–H groups in total. The standard InChI is InChI=1S/C12H23NO2/c1-10(5-6-14-2)7-13-8-11-3-4-12(9-13)15-11/h10-12H,3-9H2,1-2H3/t10-,11?,12?/m1/s1. The fourth-order valence-corrected chi connectivity index (χ4v) is 2.70. The first-order chi connectivity index (χ1) is 7.28. The van der Waals surface area contributed by atoms with E-state index < -0.39 is 0 Å². The van der Waals surface area contributed by atoms with Crippen LogP contribution in [0, 0.1) is 5.92 Å². The van der Waals surface area contributed by atoms with Crippen molar-refractivity contribution in [1.82, 2.24) is 4.90 Å². The van der Waals surface area contributed by atoms with Gasteiger partial charge in [-0.15, -0.1) is 0 Å². The topological polar surface area (TPSA) is 21.7 Å². The molecule has 2 aliphatic rings. The van der Waals surface area contributed by atoms with Gasteiger partial charge in [-0.25, -0.2) is 0 Å². The maximum atomic E-state index is 5.82. The SMILES string of the molecule is COCC[C@@H](C)CN1CC2CCC(C1)O2. The highest BCUT2D eigenvalue weighted by Crippen LogP contribution is 2.26. The monoisotopic (exact) mass is 213 g/mol. The molecule has 2 saturated heterocycles. The first-order valence-electron chi connectivity index (χ1n) is 6.14. The zero-order valence-electron chi connectivity index (χ0n) is 9.95. The first-order valence-corrected chi connectivity index (χ1v) is 6.14. The van der Waals surface area contributed by atoms with Crippen molar-refractivity contribution in [2.75, 3.05) is 33.4 Å². The number of nitrogens with zero attached hydrogens (tertiary/aromatic N) is 1. The van der Waals surface area contributed by atoms with Crippen LogP contribution in [0.1, 0.15) is 26.2 Å². The molecule has 88 valence electrons. The Hall–Kier alpha value is -0.120. The van der Waals surface area contributed by atoms with Crippen molar-refractivity contribution < 1.29 is 9.47 Å². The van der Waals surface area contributed by atoms with Crippen LogP contribution in [0.25, 0.3) is 0 Å². The van der Waals surface area contributed by atoms with Gasteiger partial charge in [-0.05, 0) is 25.2 Å². The van der Waals surface area contributed by atoms with Crippen LogP contribution in [0.2, 0.25) is 0 Å². The molecule has 0 aromatic carbocycles. The zero-order valence-corrected chi connectivity index (χ0v) is 9.95. The van der Waals surface area contributed by atoms with E-state index in [1.807, 2.05) is 0 Å². The molecule has 0 saturated carbocycles. The first kappa shape index (κ1) is 11.4. The molecule has 2 bridgehead atoms. The lowest BCUT2D eigenvalue weighted by molar-refractivity contribution is -0.0427. The van der Waals surface area contributed by atoms with Crippen molar-refractivity contribution in [1.29, 1.82) is 0 Å². The molecule has 0 aliphatic carbocycles. The molecule has 3 heteroatoms. The van der Waals surface area contributed by atoms with Crippen molar-refractivity contribution in [3.63, 3.8) is 0 Å². The Labute approximate surface area is 92.7 Å². The molecule has 2 fully saturated rings. The van der Waals surface area contributed by atoms with Crippen LogP contribution in [0.15, 0.2) is 0 Å². The quantitative estimate of drug-likeness (QED) is 0.691. The minimum absolute atomic E-state index is 0.526. The minimum atomic E-state index is 0.526. The summed E-state index contributed by atoms with van der Waals surface area (Å²) in [4.78, 5) is 2.58. The molecule has 3 atom stereocenters. The van der Waals surface area contributed by atoms with Crippen LogP contribution in [0.4, 0.5) is 0 Å². The van der Waals surface area contributed by atoms with E-state index in [1.54, 1.807) is 7.11 Å². The summed E-state index contributed by atoms with van der Waals surface area (Å²) in [6, 6.07) is 0. The Kier molecular flexibility index (Phi) is 4.00. The van der Waals surface area contributed by atoms with Crippen LogP contribution in [-0.2, 0) is 9.47 Å². The molecule has 2 heterocycles. The maximum absolute atomic E-state index is 5.82. The van der Waals surface area contributed by atoms with Gasteiger partial charge in [0.05, 0.1) is 12.2 Å². The Balaban J connectivity index is 1.70. The van der Waals surface area contributed by atoms with E-state index in [1.165, 1.54) is 25.8 Å². The molecule has 2 rings (SSSR count). The number of ether oxygens (including phenoxy) is 2. The summed E-state index contributed by atoms with van der Waals surface area (Å²) in [5.74, 6) is 0.738. The fraction of sp³-hybridized carbons (Fsp3) is 1.00.